The minimum Gasteiger partial charge on any atom is -0.355 e. The van der Waals surface area contributed by atoms with E-state index in [1.807, 2.05) is 17.8 Å². The lowest BCUT2D eigenvalue weighted by Gasteiger charge is -2.10. The highest BCUT2D eigenvalue weighted by molar-refractivity contribution is 7.99. The monoisotopic (exact) mass is 402 g/mol. The third-order valence-corrected chi connectivity index (χ3v) is 5.68. The number of carbonyl (C=O) groups is 1. The van der Waals surface area contributed by atoms with E-state index < -0.39 is 0 Å². The molecule has 142 valence electrons. The van der Waals surface area contributed by atoms with E-state index in [1.54, 1.807) is 10.8 Å². The maximum absolute atomic E-state index is 12.1. The average Bonchev–Trinajstić information content (AvgIpc) is 3.24. The Morgan fingerprint density at radius 2 is 2.15 bits per heavy atom. The first-order chi connectivity index (χ1) is 13.0. The van der Waals surface area contributed by atoms with Gasteiger partial charge in [-0.3, -0.25) is 14.5 Å². The van der Waals surface area contributed by atoms with Crippen molar-refractivity contribution in [1.29, 1.82) is 0 Å². The van der Waals surface area contributed by atoms with Gasteiger partial charge in [0, 0.05) is 38.1 Å². The van der Waals surface area contributed by atoms with Gasteiger partial charge in [0.1, 0.15) is 5.82 Å². The Bertz CT molecular complexity index is 1000. The van der Waals surface area contributed by atoms with Gasteiger partial charge in [-0.25, -0.2) is 4.98 Å². The van der Waals surface area contributed by atoms with Crippen molar-refractivity contribution in [3.05, 3.63) is 52.3 Å². The summed E-state index contributed by atoms with van der Waals surface area (Å²) in [5.74, 6) is 1.09. The molecule has 1 aromatic carbocycles. The van der Waals surface area contributed by atoms with Crippen LogP contribution in [0, 0.1) is 18.6 Å². The molecule has 0 bridgehead atoms. The predicted molar refractivity (Wildman–Crippen MR) is 109 cm³/mol. The molecular weight excluding hydrogens is 380 g/mol. The molecule has 0 saturated heterocycles. The molecule has 0 atom stereocenters. The average molecular weight is 403 g/mol. The van der Waals surface area contributed by atoms with Gasteiger partial charge in [-0.2, -0.15) is 5.10 Å². The van der Waals surface area contributed by atoms with Crippen molar-refractivity contribution in [3.8, 4) is 5.69 Å². The Balaban J connectivity index is 1.53. The summed E-state index contributed by atoms with van der Waals surface area (Å²) in [5.41, 5.74) is 3.52. The number of aromatic amines is 1. The minimum absolute atomic E-state index is 0.0357. The van der Waals surface area contributed by atoms with Gasteiger partial charge in [0.15, 0.2) is 9.93 Å². The summed E-state index contributed by atoms with van der Waals surface area (Å²) in [6.07, 6.45) is 4.28. The van der Waals surface area contributed by atoms with Crippen molar-refractivity contribution in [2.45, 2.75) is 25.4 Å². The number of carbonyl (C=O) groups excluding carboxylic acids is 1. The number of nitrogens with one attached hydrogen (secondary N) is 2. The number of amides is 1. The van der Waals surface area contributed by atoms with Crippen LogP contribution < -0.4 is 5.32 Å². The van der Waals surface area contributed by atoms with Gasteiger partial charge in [-0.1, -0.05) is 17.8 Å². The van der Waals surface area contributed by atoms with Gasteiger partial charge in [-0.05, 0) is 49.3 Å². The molecule has 2 heterocycles. The van der Waals surface area contributed by atoms with Crippen LogP contribution >= 0.6 is 24.0 Å². The number of hydrogen-bond acceptors (Lipinski definition) is 5. The lowest BCUT2D eigenvalue weighted by atomic mass is 10.1. The molecule has 0 spiro atoms. The molecule has 0 radical (unpaired) electrons. The third kappa shape index (κ3) is 4.67. The molecule has 0 unspecified atom stereocenters. The SMILES string of the molecule is Cc1ccc(-n2ccnc2SCC(=O)NCCc2n[nH]c(=S)n2C)cc1C. The van der Waals surface area contributed by atoms with Crippen LogP contribution in [0.5, 0.6) is 0 Å². The number of aromatic nitrogens is 5. The van der Waals surface area contributed by atoms with Crippen molar-refractivity contribution in [2.75, 3.05) is 12.3 Å². The molecular formula is C18H22N6OS2. The molecule has 0 aliphatic heterocycles. The van der Waals surface area contributed by atoms with Crippen LogP contribution in [0.15, 0.2) is 35.7 Å². The summed E-state index contributed by atoms with van der Waals surface area (Å²) in [6.45, 7) is 4.69. The highest BCUT2D eigenvalue weighted by Crippen LogP contribution is 2.22. The fraction of sp³-hybridized carbons (Fsp3) is 0.333. The van der Waals surface area contributed by atoms with Crippen LogP contribution in [0.1, 0.15) is 17.0 Å². The number of imidazole rings is 1. The van der Waals surface area contributed by atoms with E-state index in [9.17, 15) is 4.79 Å². The summed E-state index contributed by atoms with van der Waals surface area (Å²) in [7, 11) is 1.85. The number of rotatable bonds is 7. The van der Waals surface area contributed by atoms with Gasteiger partial charge in [0.25, 0.3) is 0 Å². The highest BCUT2D eigenvalue weighted by atomic mass is 32.2. The van der Waals surface area contributed by atoms with Crippen molar-refractivity contribution in [2.24, 2.45) is 7.05 Å². The summed E-state index contributed by atoms with van der Waals surface area (Å²) in [5, 5.41) is 10.6. The Kier molecular flexibility index (Phi) is 6.12. The Morgan fingerprint density at radius 1 is 1.33 bits per heavy atom. The molecule has 0 aliphatic carbocycles. The van der Waals surface area contributed by atoms with Crippen LogP contribution in [0.2, 0.25) is 0 Å². The van der Waals surface area contributed by atoms with Gasteiger partial charge >= 0.3 is 0 Å². The number of hydrogen-bond donors (Lipinski definition) is 2. The predicted octanol–water partition coefficient (Wildman–Crippen LogP) is 2.73. The van der Waals surface area contributed by atoms with Gasteiger partial charge in [0.2, 0.25) is 5.91 Å². The molecule has 3 rings (SSSR count). The summed E-state index contributed by atoms with van der Waals surface area (Å²) in [6, 6.07) is 6.28. The maximum atomic E-state index is 12.1. The maximum Gasteiger partial charge on any atom is 0.230 e. The zero-order chi connectivity index (χ0) is 19.4. The van der Waals surface area contributed by atoms with Gasteiger partial charge in [0.05, 0.1) is 5.75 Å². The van der Waals surface area contributed by atoms with Crippen LogP contribution in [-0.2, 0) is 18.3 Å². The van der Waals surface area contributed by atoms with Crippen molar-refractivity contribution >= 4 is 29.9 Å². The zero-order valence-electron chi connectivity index (χ0n) is 15.5. The van der Waals surface area contributed by atoms with Gasteiger partial charge in [-0.15, -0.1) is 0 Å². The van der Waals surface area contributed by atoms with E-state index in [1.165, 1.54) is 22.9 Å². The smallest absolute Gasteiger partial charge is 0.230 e. The van der Waals surface area contributed by atoms with E-state index in [-0.39, 0.29) is 5.91 Å². The van der Waals surface area contributed by atoms with E-state index in [0.717, 1.165) is 16.7 Å². The van der Waals surface area contributed by atoms with Crippen LogP contribution in [0.4, 0.5) is 0 Å². The lowest BCUT2D eigenvalue weighted by molar-refractivity contribution is -0.118. The number of benzene rings is 1. The minimum atomic E-state index is -0.0357. The van der Waals surface area contributed by atoms with Gasteiger partial charge < -0.3 is 9.88 Å². The van der Waals surface area contributed by atoms with Crippen LogP contribution in [-0.4, -0.2) is 42.5 Å². The first-order valence-corrected chi connectivity index (χ1v) is 9.96. The number of H-pyrrole nitrogens is 1. The molecule has 2 N–H and O–H groups in total. The third-order valence-electron chi connectivity index (χ3n) is 4.35. The topological polar surface area (TPSA) is 80.5 Å². The van der Waals surface area contributed by atoms with Crippen molar-refractivity contribution in [1.82, 2.24) is 29.6 Å². The van der Waals surface area contributed by atoms with Crippen LogP contribution in [0.25, 0.3) is 5.69 Å². The molecule has 0 aliphatic rings. The fourth-order valence-electron chi connectivity index (χ4n) is 2.57. The molecule has 7 nitrogen and oxygen atoms in total. The van der Waals surface area contributed by atoms with E-state index in [2.05, 4.69) is 52.5 Å². The zero-order valence-corrected chi connectivity index (χ0v) is 17.2. The van der Waals surface area contributed by atoms with E-state index in [4.69, 9.17) is 12.2 Å². The summed E-state index contributed by atoms with van der Waals surface area (Å²) >= 11 is 6.49. The second-order valence-corrected chi connectivity index (χ2v) is 7.57. The quantitative estimate of drug-likeness (QED) is 0.469. The standard InChI is InChI=1S/C18H22N6OS2/c1-12-4-5-14(10-13(12)2)24-9-8-20-18(24)27-11-16(25)19-7-6-15-21-22-17(26)23(15)3/h4-5,8-10H,6-7,11H2,1-3H3,(H,19,25)(H,22,26). The summed E-state index contributed by atoms with van der Waals surface area (Å²) < 4.78 is 4.38. The molecule has 9 heteroatoms. The number of thioether (sulfide) groups is 1. The molecule has 3 aromatic rings. The first kappa shape index (κ1) is 19.4. The second kappa shape index (κ2) is 8.53. The molecule has 0 fully saturated rings. The Labute approximate surface area is 167 Å². The normalized spacial score (nSPS) is 10.9. The Hall–Kier alpha value is -2.39. The number of aryl methyl sites for hydroxylation is 2. The first-order valence-electron chi connectivity index (χ1n) is 8.56. The molecule has 27 heavy (non-hydrogen) atoms. The second-order valence-electron chi connectivity index (χ2n) is 6.24. The lowest BCUT2D eigenvalue weighted by Crippen LogP contribution is -2.28. The summed E-state index contributed by atoms with van der Waals surface area (Å²) in [4.78, 5) is 16.5. The van der Waals surface area contributed by atoms with E-state index in [0.29, 0.717) is 23.5 Å². The van der Waals surface area contributed by atoms with Crippen LogP contribution in [0.3, 0.4) is 0 Å². The highest BCUT2D eigenvalue weighted by Gasteiger charge is 2.10. The molecule has 1 amide bonds. The molecule has 0 saturated carbocycles. The fourth-order valence-corrected chi connectivity index (χ4v) is 3.52. The largest absolute Gasteiger partial charge is 0.355 e. The van der Waals surface area contributed by atoms with Crippen molar-refractivity contribution < 1.29 is 4.79 Å². The van der Waals surface area contributed by atoms with Crippen molar-refractivity contribution in [3.63, 3.8) is 0 Å². The Morgan fingerprint density at radius 3 is 2.85 bits per heavy atom. The molecule has 2 aromatic heterocycles. The number of nitrogens with zero attached hydrogens (tertiary/aromatic N) is 4. The van der Waals surface area contributed by atoms with E-state index >= 15 is 0 Å².